The van der Waals surface area contributed by atoms with Crippen molar-refractivity contribution >= 4 is 40.0 Å². The SMILES string of the molecule is CNc1snc(C)c1C(=O)OCC(=O)N(C)CC(=O)Nc1ccccc1C(F)(F)F. The van der Waals surface area contributed by atoms with Crippen LogP contribution >= 0.6 is 11.5 Å². The number of nitrogens with one attached hydrogen (secondary N) is 2. The van der Waals surface area contributed by atoms with Gasteiger partial charge in [-0.15, -0.1) is 0 Å². The molecule has 1 aromatic heterocycles. The molecule has 1 heterocycles. The highest BCUT2D eigenvalue weighted by molar-refractivity contribution is 7.10. The third kappa shape index (κ3) is 5.69. The lowest BCUT2D eigenvalue weighted by molar-refractivity contribution is -0.137. The van der Waals surface area contributed by atoms with Crippen LogP contribution in [0.5, 0.6) is 0 Å². The Kier molecular flexibility index (Phi) is 7.38. The Hall–Kier alpha value is -3.15. The maximum atomic E-state index is 13.0. The maximum absolute atomic E-state index is 13.0. The molecular formula is C18H19F3N4O4S. The number of carbonyl (C=O) groups is 3. The van der Waals surface area contributed by atoms with E-state index in [-0.39, 0.29) is 5.56 Å². The number of rotatable bonds is 7. The molecule has 0 unspecified atom stereocenters. The molecule has 2 aromatic rings. The summed E-state index contributed by atoms with van der Waals surface area (Å²) < 4.78 is 48.0. The van der Waals surface area contributed by atoms with E-state index in [4.69, 9.17) is 4.74 Å². The molecule has 0 spiro atoms. The summed E-state index contributed by atoms with van der Waals surface area (Å²) in [5.74, 6) is -2.28. The predicted molar refractivity (Wildman–Crippen MR) is 104 cm³/mol. The third-order valence-corrected chi connectivity index (χ3v) is 4.89. The van der Waals surface area contributed by atoms with E-state index in [0.717, 1.165) is 28.6 Å². The van der Waals surface area contributed by atoms with E-state index in [2.05, 4.69) is 15.0 Å². The van der Waals surface area contributed by atoms with Gasteiger partial charge in [-0.2, -0.15) is 17.5 Å². The number of amides is 2. The number of aryl methyl sites for hydroxylation is 1. The van der Waals surface area contributed by atoms with E-state index in [0.29, 0.717) is 10.7 Å². The van der Waals surface area contributed by atoms with Gasteiger partial charge >= 0.3 is 12.1 Å². The summed E-state index contributed by atoms with van der Waals surface area (Å²) in [6.07, 6.45) is -4.64. The largest absolute Gasteiger partial charge is 0.452 e. The van der Waals surface area contributed by atoms with Crippen LogP contribution in [-0.2, 0) is 20.5 Å². The number of nitrogens with zero attached hydrogens (tertiary/aromatic N) is 2. The molecule has 0 aliphatic carbocycles. The molecule has 0 fully saturated rings. The Balaban J connectivity index is 1.92. The summed E-state index contributed by atoms with van der Waals surface area (Å²) in [4.78, 5) is 37.3. The zero-order chi connectivity index (χ0) is 22.5. The van der Waals surface area contributed by atoms with Gasteiger partial charge in [0.1, 0.15) is 10.6 Å². The summed E-state index contributed by atoms with van der Waals surface area (Å²) in [5.41, 5.74) is -0.763. The van der Waals surface area contributed by atoms with Gasteiger partial charge in [-0.25, -0.2) is 4.79 Å². The molecule has 2 amide bonds. The normalized spacial score (nSPS) is 11.0. The Labute approximate surface area is 174 Å². The maximum Gasteiger partial charge on any atom is 0.418 e. The Morgan fingerprint density at radius 1 is 1.23 bits per heavy atom. The lowest BCUT2D eigenvalue weighted by atomic mass is 10.1. The molecule has 30 heavy (non-hydrogen) atoms. The molecule has 0 radical (unpaired) electrons. The van der Waals surface area contributed by atoms with Crippen molar-refractivity contribution in [2.75, 3.05) is 37.9 Å². The molecular weight excluding hydrogens is 425 g/mol. The molecule has 2 rings (SSSR count). The highest BCUT2D eigenvalue weighted by atomic mass is 32.1. The van der Waals surface area contributed by atoms with Crippen LogP contribution in [0.15, 0.2) is 24.3 Å². The molecule has 0 aliphatic heterocycles. The first-order chi connectivity index (χ1) is 14.0. The number of alkyl halides is 3. The van der Waals surface area contributed by atoms with Crippen molar-refractivity contribution in [1.82, 2.24) is 9.27 Å². The first-order valence-corrected chi connectivity index (χ1v) is 9.33. The first kappa shape index (κ1) is 23.1. The van der Waals surface area contributed by atoms with Crippen molar-refractivity contribution < 1.29 is 32.3 Å². The Bertz CT molecular complexity index is 946. The number of ether oxygens (including phenoxy) is 1. The quantitative estimate of drug-likeness (QED) is 0.637. The van der Waals surface area contributed by atoms with Crippen molar-refractivity contribution in [2.24, 2.45) is 0 Å². The summed E-state index contributed by atoms with van der Waals surface area (Å²) in [6, 6.07) is 4.50. The molecule has 8 nitrogen and oxygen atoms in total. The lowest BCUT2D eigenvalue weighted by Crippen LogP contribution is -2.37. The fourth-order valence-corrected chi connectivity index (χ4v) is 3.16. The standard InChI is InChI=1S/C18H19F3N4O4S/c1-10-15(16(22-2)30-24-10)17(28)29-9-14(27)25(3)8-13(26)23-12-7-5-4-6-11(12)18(19,20)21/h4-7,22H,8-9H2,1-3H3,(H,23,26). The second-order valence-electron chi connectivity index (χ2n) is 6.14. The minimum absolute atomic E-state index is 0.208. The fraction of sp³-hybridized carbons (Fsp3) is 0.333. The Morgan fingerprint density at radius 3 is 2.53 bits per heavy atom. The molecule has 2 N–H and O–H groups in total. The number of para-hydroxylation sites is 1. The highest BCUT2D eigenvalue weighted by Gasteiger charge is 2.33. The van der Waals surface area contributed by atoms with E-state index in [1.165, 1.54) is 19.2 Å². The highest BCUT2D eigenvalue weighted by Crippen LogP contribution is 2.34. The molecule has 1 aromatic carbocycles. The van der Waals surface area contributed by atoms with Gasteiger partial charge in [-0.1, -0.05) is 12.1 Å². The average molecular weight is 444 g/mol. The third-order valence-electron chi connectivity index (χ3n) is 3.93. The van der Waals surface area contributed by atoms with Crippen LogP contribution in [0.3, 0.4) is 0 Å². The van der Waals surface area contributed by atoms with Gasteiger partial charge in [-0.05, 0) is 30.6 Å². The van der Waals surface area contributed by atoms with E-state index >= 15 is 0 Å². The minimum Gasteiger partial charge on any atom is -0.452 e. The summed E-state index contributed by atoms with van der Waals surface area (Å²) in [6.45, 7) is 0.453. The summed E-state index contributed by atoms with van der Waals surface area (Å²) >= 11 is 1.07. The topological polar surface area (TPSA) is 101 Å². The van der Waals surface area contributed by atoms with Gasteiger partial charge < -0.3 is 20.3 Å². The number of esters is 1. The molecule has 12 heteroatoms. The number of halogens is 3. The van der Waals surface area contributed by atoms with Crippen LogP contribution in [0.4, 0.5) is 23.9 Å². The van der Waals surface area contributed by atoms with Gasteiger partial charge in [-0.3, -0.25) is 9.59 Å². The number of likely N-dealkylation sites (N-methyl/N-ethyl adjacent to an activating group) is 1. The van der Waals surface area contributed by atoms with Gasteiger partial charge in [0.2, 0.25) is 5.91 Å². The van der Waals surface area contributed by atoms with Crippen molar-refractivity contribution in [3.63, 3.8) is 0 Å². The van der Waals surface area contributed by atoms with Gasteiger partial charge in [0, 0.05) is 14.1 Å². The molecule has 162 valence electrons. The number of hydrogen-bond donors (Lipinski definition) is 2. The van der Waals surface area contributed by atoms with Crippen LogP contribution in [0.2, 0.25) is 0 Å². The molecule has 0 saturated carbocycles. The molecule has 0 bridgehead atoms. The molecule has 0 aliphatic rings. The smallest absolute Gasteiger partial charge is 0.418 e. The van der Waals surface area contributed by atoms with Gasteiger partial charge in [0.25, 0.3) is 5.91 Å². The van der Waals surface area contributed by atoms with Crippen molar-refractivity contribution in [1.29, 1.82) is 0 Å². The van der Waals surface area contributed by atoms with Crippen molar-refractivity contribution in [3.05, 3.63) is 41.1 Å². The number of hydrogen-bond acceptors (Lipinski definition) is 7. The monoisotopic (exact) mass is 444 g/mol. The van der Waals surface area contributed by atoms with Gasteiger partial charge in [0.15, 0.2) is 6.61 Å². The number of carbonyl (C=O) groups excluding carboxylic acids is 3. The molecule has 0 atom stereocenters. The van der Waals surface area contributed by atoms with E-state index in [1.54, 1.807) is 14.0 Å². The van der Waals surface area contributed by atoms with Crippen LogP contribution in [0.25, 0.3) is 0 Å². The van der Waals surface area contributed by atoms with Crippen LogP contribution in [0.1, 0.15) is 21.6 Å². The van der Waals surface area contributed by atoms with Crippen molar-refractivity contribution in [3.8, 4) is 0 Å². The van der Waals surface area contributed by atoms with Gasteiger partial charge in [0.05, 0.1) is 23.5 Å². The fourth-order valence-electron chi connectivity index (χ4n) is 2.42. The zero-order valence-corrected chi connectivity index (χ0v) is 17.1. The zero-order valence-electron chi connectivity index (χ0n) is 16.3. The number of benzene rings is 1. The summed E-state index contributed by atoms with van der Waals surface area (Å²) in [5, 5.41) is 5.42. The number of anilines is 2. The van der Waals surface area contributed by atoms with Crippen LogP contribution < -0.4 is 10.6 Å². The number of aromatic nitrogens is 1. The second kappa shape index (κ2) is 9.57. The summed E-state index contributed by atoms with van der Waals surface area (Å²) in [7, 11) is 2.88. The van der Waals surface area contributed by atoms with Crippen LogP contribution in [-0.4, -0.2) is 54.3 Å². The predicted octanol–water partition coefficient (Wildman–Crippen LogP) is 2.77. The van der Waals surface area contributed by atoms with E-state index in [1.807, 2.05) is 0 Å². The average Bonchev–Trinajstić information content (AvgIpc) is 3.05. The Morgan fingerprint density at radius 2 is 1.90 bits per heavy atom. The minimum atomic E-state index is -4.64. The first-order valence-electron chi connectivity index (χ1n) is 8.55. The van der Waals surface area contributed by atoms with E-state index in [9.17, 15) is 27.6 Å². The van der Waals surface area contributed by atoms with E-state index < -0.39 is 48.4 Å². The molecule has 0 saturated heterocycles. The lowest BCUT2D eigenvalue weighted by Gasteiger charge is -2.18. The van der Waals surface area contributed by atoms with Crippen LogP contribution in [0, 0.1) is 6.92 Å². The second-order valence-corrected chi connectivity index (χ2v) is 6.91. The van der Waals surface area contributed by atoms with Crippen molar-refractivity contribution in [2.45, 2.75) is 13.1 Å².